The molecule has 1 fully saturated rings. The van der Waals surface area contributed by atoms with E-state index in [-0.39, 0.29) is 12.3 Å². The number of carbonyl (C=O) groups excluding carboxylic acids is 1. The first-order valence-electron chi connectivity index (χ1n) is 7.89. The van der Waals surface area contributed by atoms with Crippen LogP contribution in [0.2, 0.25) is 5.02 Å². The highest BCUT2D eigenvalue weighted by Gasteiger charge is 2.35. The predicted molar refractivity (Wildman–Crippen MR) is 89.0 cm³/mol. The molecule has 0 aromatic heterocycles. The molecule has 1 aromatic carbocycles. The van der Waals surface area contributed by atoms with Gasteiger partial charge in [-0.15, -0.1) is 0 Å². The maximum atomic E-state index is 11.6. The number of rotatable bonds is 5. The number of amides is 1. The van der Waals surface area contributed by atoms with E-state index in [1.54, 1.807) is 7.05 Å². The molecule has 4 nitrogen and oxygen atoms in total. The van der Waals surface area contributed by atoms with Gasteiger partial charge in [0.25, 0.3) is 0 Å². The van der Waals surface area contributed by atoms with Crippen molar-refractivity contribution in [3.05, 3.63) is 34.3 Å². The second kappa shape index (κ2) is 7.44. The molecule has 1 amide bonds. The molecule has 0 aliphatic carbocycles. The van der Waals surface area contributed by atoms with Crippen molar-refractivity contribution in [3.63, 3.8) is 0 Å². The fourth-order valence-corrected chi connectivity index (χ4v) is 3.46. The van der Waals surface area contributed by atoms with Crippen LogP contribution in [0, 0.1) is 0 Å². The van der Waals surface area contributed by atoms with E-state index in [0.717, 1.165) is 36.5 Å². The first-order chi connectivity index (χ1) is 10.5. The first kappa shape index (κ1) is 17.3. The molecule has 0 radical (unpaired) electrons. The Labute approximate surface area is 137 Å². The van der Waals surface area contributed by atoms with E-state index in [9.17, 15) is 9.90 Å². The third kappa shape index (κ3) is 4.22. The van der Waals surface area contributed by atoms with Gasteiger partial charge in [-0.1, -0.05) is 30.7 Å². The monoisotopic (exact) mass is 324 g/mol. The van der Waals surface area contributed by atoms with Crippen LogP contribution in [-0.4, -0.2) is 41.7 Å². The number of hydrogen-bond donors (Lipinski definition) is 2. The van der Waals surface area contributed by atoms with Gasteiger partial charge in [0.05, 0.1) is 12.0 Å². The molecule has 1 aliphatic heterocycles. The molecular formula is C17H25ClN2O2. The van der Waals surface area contributed by atoms with Gasteiger partial charge >= 0.3 is 0 Å². The van der Waals surface area contributed by atoms with E-state index in [4.69, 9.17) is 11.6 Å². The van der Waals surface area contributed by atoms with Crippen LogP contribution >= 0.6 is 11.6 Å². The fraction of sp³-hybridized carbons (Fsp3) is 0.588. The minimum Gasteiger partial charge on any atom is -0.388 e. The number of halogens is 1. The van der Waals surface area contributed by atoms with Crippen molar-refractivity contribution < 1.29 is 9.90 Å². The Morgan fingerprint density at radius 1 is 1.50 bits per heavy atom. The van der Waals surface area contributed by atoms with Gasteiger partial charge in [-0.25, -0.2) is 0 Å². The summed E-state index contributed by atoms with van der Waals surface area (Å²) in [6.07, 6.45) is 2.65. The Morgan fingerprint density at radius 2 is 2.27 bits per heavy atom. The maximum absolute atomic E-state index is 11.6. The number of piperidine rings is 1. The fourth-order valence-electron chi connectivity index (χ4n) is 3.21. The molecule has 122 valence electrons. The van der Waals surface area contributed by atoms with Crippen molar-refractivity contribution in [1.82, 2.24) is 10.2 Å². The third-order valence-electron chi connectivity index (χ3n) is 4.38. The SMILES string of the molecule is CCc1cccc(Cl)c1CN1CCCC(O)(CC(=O)NC)C1. The molecule has 1 saturated heterocycles. The largest absolute Gasteiger partial charge is 0.388 e. The molecule has 1 aliphatic rings. The molecule has 0 saturated carbocycles. The highest BCUT2D eigenvalue weighted by molar-refractivity contribution is 6.31. The van der Waals surface area contributed by atoms with Crippen molar-refractivity contribution in [2.75, 3.05) is 20.1 Å². The molecule has 5 heteroatoms. The Balaban J connectivity index is 2.09. The minimum absolute atomic E-state index is 0.114. The summed E-state index contributed by atoms with van der Waals surface area (Å²) in [6.45, 7) is 4.27. The average Bonchev–Trinajstić information content (AvgIpc) is 2.49. The lowest BCUT2D eigenvalue weighted by atomic mass is 9.89. The molecule has 1 atom stereocenters. The van der Waals surface area contributed by atoms with Crippen molar-refractivity contribution in [2.24, 2.45) is 0 Å². The summed E-state index contributed by atoms with van der Waals surface area (Å²) in [6, 6.07) is 5.99. The highest BCUT2D eigenvalue weighted by Crippen LogP contribution is 2.28. The molecule has 2 rings (SSSR count). The summed E-state index contributed by atoms with van der Waals surface area (Å²) in [4.78, 5) is 13.8. The van der Waals surface area contributed by atoms with Crippen LogP contribution in [0.1, 0.15) is 37.3 Å². The molecule has 0 spiro atoms. The van der Waals surface area contributed by atoms with Gasteiger partial charge in [0.1, 0.15) is 0 Å². The summed E-state index contributed by atoms with van der Waals surface area (Å²) in [5, 5.41) is 14.0. The van der Waals surface area contributed by atoms with Gasteiger partial charge in [-0.05, 0) is 43.0 Å². The van der Waals surface area contributed by atoms with E-state index in [1.165, 1.54) is 5.56 Å². The highest BCUT2D eigenvalue weighted by atomic mass is 35.5. The number of likely N-dealkylation sites (tertiary alicyclic amines) is 1. The van der Waals surface area contributed by atoms with Crippen molar-refractivity contribution in [1.29, 1.82) is 0 Å². The molecular weight excluding hydrogens is 300 g/mol. The normalized spacial score (nSPS) is 22.5. The standard InChI is InChI=1S/C17H25ClN2O2/c1-3-13-6-4-7-15(18)14(13)11-20-9-5-8-17(22,12-20)10-16(21)19-2/h4,6-7,22H,3,5,8-12H2,1-2H3,(H,19,21). The number of carbonyl (C=O) groups is 1. The van der Waals surface area contributed by atoms with Crippen LogP contribution in [0.3, 0.4) is 0 Å². The lowest BCUT2D eigenvalue weighted by Gasteiger charge is -2.39. The van der Waals surface area contributed by atoms with E-state index in [0.29, 0.717) is 13.0 Å². The average molecular weight is 325 g/mol. The van der Waals surface area contributed by atoms with Gasteiger partial charge in [0.15, 0.2) is 0 Å². The van der Waals surface area contributed by atoms with E-state index >= 15 is 0 Å². The van der Waals surface area contributed by atoms with Crippen LogP contribution in [0.4, 0.5) is 0 Å². The molecule has 2 N–H and O–H groups in total. The van der Waals surface area contributed by atoms with Gasteiger partial charge in [-0.2, -0.15) is 0 Å². The summed E-state index contributed by atoms with van der Waals surface area (Å²) < 4.78 is 0. The van der Waals surface area contributed by atoms with E-state index in [1.807, 2.05) is 12.1 Å². The Morgan fingerprint density at radius 3 is 2.95 bits per heavy atom. The van der Waals surface area contributed by atoms with Crippen LogP contribution in [-0.2, 0) is 17.8 Å². The van der Waals surface area contributed by atoms with Crippen LogP contribution in [0.5, 0.6) is 0 Å². The van der Waals surface area contributed by atoms with Crippen molar-refractivity contribution in [3.8, 4) is 0 Å². The summed E-state index contributed by atoms with van der Waals surface area (Å²) in [7, 11) is 1.60. The summed E-state index contributed by atoms with van der Waals surface area (Å²) in [5.41, 5.74) is 1.44. The van der Waals surface area contributed by atoms with Crippen LogP contribution in [0.25, 0.3) is 0 Å². The summed E-state index contributed by atoms with van der Waals surface area (Å²) in [5.74, 6) is -0.114. The van der Waals surface area contributed by atoms with Gasteiger partial charge in [0.2, 0.25) is 5.91 Å². The van der Waals surface area contributed by atoms with E-state index < -0.39 is 5.60 Å². The Bertz CT molecular complexity index is 535. The molecule has 22 heavy (non-hydrogen) atoms. The first-order valence-corrected chi connectivity index (χ1v) is 8.27. The lowest BCUT2D eigenvalue weighted by molar-refractivity contribution is -0.128. The zero-order valence-corrected chi connectivity index (χ0v) is 14.1. The quantitative estimate of drug-likeness (QED) is 0.874. The van der Waals surface area contributed by atoms with Gasteiger partial charge < -0.3 is 10.4 Å². The Hall–Kier alpha value is -1.10. The smallest absolute Gasteiger partial charge is 0.222 e. The second-order valence-corrected chi connectivity index (χ2v) is 6.53. The minimum atomic E-state index is -0.939. The summed E-state index contributed by atoms with van der Waals surface area (Å²) >= 11 is 6.35. The number of nitrogens with one attached hydrogen (secondary N) is 1. The zero-order chi connectivity index (χ0) is 16.2. The van der Waals surface area contributed by atoms with Gasteiger partial charge in [0, 0.05) is 25.2 Å². The number of nitrogens with zero attached hydrogens (tertiary/aromatic N) is 1. The number of benzene rings is 1. The predicted octanol–water partition coefficient (Wildman–Crippen LogP) is 2.37. The van der Waals surface area contributed by atoms with Crippen molar-refractivity contribution in [2.45, 2.75) is 44.8 Å². The topological polar surface area (TPSA) is 52.6 Å². The number of β-amino-alcohol motifs (C(OH)–C–C–N with tert-alkyl or cyclic N) is 1. The Kier molecular flexibility index (Phi) is 5.84. The molecule has 0 bridgehead atoms. The van der Waals surface area contributed by atoms with Gasteiger partial charge in [-0.3, -0.25) is 9.69 Å². The molecule has 1 heterocycles. The van der Waals surface area contributed by atoms with Crippen LogP contribution in [0.15, 0.2) is 18.2 Å². The third-order valence-corrected chi connectivity index (χ3v) is 4.74. The second-order valence-electron chi connectivity index (χ2n) is 6.12. The number of hydrogen-bond acceptors (Lipinski definition) is 3. The molecule has 1 unspecified atom stereocenters. The van der Waals surface area contributed by atoms with Crippen LogP contribution < -0.4 is 5.32 Å². The lowest BCUT2D eigenvalue weighted by Crippen LogP contribution is -2.50. The van der Waals surface area contributed by atoms with E-state index in [2.05, 4.69) is 23.2 Å². The number of aliphatic hydroxyl groups is 1. The van der Waals surface area contributed by atoms with Crippen molar-refractivity contribution >= 4 is 17.5 Å². The number of aryl methyl sites for hydroxylation is 1. The zero-order valence-electron chi connectivity index (χ0n) is 13.4. The maximum Gasteiger partial charge on any atom is 0.222 e. The molecule has 1 aromatic rings.